The Labute approximate surface area is 130 Å². The van der Waals surface area contributed by atoms with E-state index in [9.17, 15) is 4.79 Å². The standard InChI is InChI=1S/C16H12BrN3O/c17-11-4-1-3-10(9-11)16(21)20-14-7-6-13(18)15-12(14)5-2-8-19-15/h1-9H,18H2,(H,20,21). The molecule has 0 saturated carbocycles. The Morgan fingerprint density at radius 1 is 1.14 bits per heavy atom. The van der Waals surface area contributed by atoms with E-state index in [0.29, 0.717) is 22.5 Å². The van der Waals surface area contributed by atoms with Crippen molar-refractivity contribution in [2.75, 3.05) is 11.1 Å². The van der Waals surface area contributed by atoms with E-state index in [-0.39, 0.29) is 5.91 Å². The fourth-order valence-electron chi connectivity index (χ4n) is 2.13. The Morgan fingerprint density at radius 3 is 2.81 bits per heavy atom. The lowest BCUT2D eigenvalue weighted by atomic mass is 10.1. The molecule has 3 N–H and O–H groups in total. The zero-order valence-electron chi connectivity index (χ0n) is 11.0. The minimum Gasteiger partial charge on any atom is -0.397 e. The summed E-state index contributed by atoms with van der Waals surface area (Å²) in [6.45, 7) is 0. The lowest BCUT2D eigenvalue weighted by Gasteiger charge is -2.10. The summed E-state index contributed by atoms with van der Waals surface area (Å²) in [5, 5.41) is 3.72. The van der Waals surface area contributed by atoms with Gasteiger partial charge in [0, 0.05) is 21.6 Å². The molecular formula is C16H12BrN3O. The van der Waals surface area contributed by atoms with Crippen molar-refractivity contribution in [3.63, 3.8) is 0 Å². The quantitative estimate of drug-likeness (QED) is 0.696. The number of anilines is 2. The number of fused-ring (bicyclic) bond motifs is 1. The van der Waals surface area contributed by atoms with Crippen molar-refractivity contribution in [2.45, 2.75) is 0 Å². The molecule has 5 heteroatoms. The number of hydrogen-bond acceptors (Lipinski definition) is 3. The first-order valence-corrected chi connectivity index (χ1v) is 7.14. The number of carbonyl (C=O) groups is 1. The minimum atomic E-state index is -0.175. The molecule has 1 aromatic heterocycles. The molecule has 3 aromatic rings. The summed E-state index contributed by atoms with van der Waals surface area (Å²) < 4.78 is 0.860. The largest absolute Gasteiger partial charge is 0.397 e. The number of halogens is 1. The summed E-state index contributed by atoms with van der Waals surface area (Å²) in [4.78, 5) is 16.6. The highest BCUT2D eigenvalue weighted by atomic mass is 79.9. The second-order valence-corrected chi connectivity index (χ2v) is 5.48. The maximum absolute atomic E-state index is 12.3. The van der Waals surface area contributed by atoms with Crippen LogP contribution >= 0.6 is 15.9 Å². The number of nitrogens with zero attached hydrogens (tertiary/aromatic N) is 1. The van der Waals surface area contributed by atoms with E-state index < -0.39 is 0 Å². The molecule has 3 rings (SSSR count). The topological polar surface area (TPSA) is 68.0 Å². The van der Waals surface area contributed by atoms with Gasteiger partial charge in [0.05, 0.1) is 16.9 Å². The van der Waals surface area contributed by atoms with Gasteiger partial charge >= 0.3 is 0 Å². The van der Waals surface area contributed by atoms with Crippen molar-refractivity contribution in [1.29, 1.82) is 0 Å². The summed E-state index contributed by atoms with van der Waals surface area (Å²) >= 11 is 3.36. The van der Waals surface area contributed by atoms with Gasteiger partial charge in [0.15, 0.2) is 0 Å². The summed E-state index contributed by atoms with van der Waals surface area (Å²) in [5.41, 5.74) is 8.45. The van der Waals surface area contributed by atoms with Crippen LogP contribution in [0.5, 0.6) is 0 Å². The zero-order chi connectivity index (χ0) is 14.8. The molecule has 21 heavy (non-hydrogen) atoms. The van der Waals surface area contributed by atoms with Crippen LogP contribution in [0.3, 0.4) is 0 Å². The van der Waals surface area contributed by atoms with E-state index in [1.165, 1.54) is 0 Å². The van der Waals surface area contributed by atoms with Gasteiger partial charge in [0.25, 0.3) is 5.91 Å². The molecule has 0 radical (unpaired) electrons. The average Bonchev–Trinajstić information content (AvgIpc) is 2.50. The average molecular weight is 342 g/mol. The molecule has 0 aliphatic rings. The van der Waals surface area contributed by atoms with E-state index >= 15 is 0 Å². The number of carbonyl (C=O) groups excluding carboxylic acids is 1. The number of pyridine rings is 1. The Kier molecular flexibility index (Phi) is 3.58. The molecule has 0 aliphatic heterocycles. The van der Waals surface area contributed by atoms with E-state index in [4.69, 9.17) is 5.73 Å². The number of rotatable bonds is 2. The van der Waals surface area contributed by atoms with Crippen molar-refractivity contribution in [2.24, 2.45) is 0 Å². The Balaban J connectivity index is 1.99. The van der Waals surface area contributed by atoms with Crippen LogP contribution in [-0.4, -0.2) is 10.9 Å². The van der Waals surface area contributed by atoms with Gasteiger partial charge in [0.1, 0.15) is 0 Å². The van der Waals surface area contributed by atoms with E-state index in [0.717, 1.165) is 9.86 Å². The second-order valence-electron chi connectivity index (χ2n) is 4.57. The molecule has 0 spiro atoms. The highest BCUT2D eigenvalue weighted by Gasteiger charge is 2.10. The van der Waals surface area contributed by atoms with Crippen molar-refractivity contribution in [1.82, 2.24) is 4.98 Å². The third-order valence-electron chi connectivity index (χ3n) is 3.14. The molecule has 1 amide bonds. The van der Waals surface area contributed by atoms with Crippen molar-refractivity contribution in [3.8, 4) is 0 Å². The smallest absolute Gasteiger partial charge is 0.255 e. The maximum Gasteiger partial charge on any atom is 0.255 e. The second kappa shape index (κ2) is 5.54. The van der Waals surface area contributed by atoms with Gasteiger partial charge in [-0.3, -0.25) is 9.78 Å². The number of nitrogens with two attached hydrogens (primary N) is 1. The number of hydrogen-bond donors (Lipinski definition) is 2. The lowest BCUT2D eigenvalue weighted by molar-refractivity contribution is 0.102. The third kappa shape index (κ3) is 2.73. The monoisotopic (exact) mass is 341 g/mol. The molecule has 0 bridgehead atoms. The van der Waals surface area contributed by atoms with Crippen molar-refractivity contribution in [3.05, 3.63) is 64.8 Å². The molecular weight excluding hydrogens is 330 g/mol. The van der Waals surface area contributed by atoms with Gasteiger partial charge in [-0.2, -0.15) is 0 Å². The molecule has 0 aliphatic carbocycles. The molecule has 0 atom stereocenters. The number of benzene rings is 2. The predicted molar refractivity (Wildman–Crippen MR) is 88.3 cm³/mol. The van der Waals surface area contributed by atoms with Crippen LogP contribution in [0.1, 0.15) is 10.4 Å². The first kappa shape index (κ1) is 13.6. The van der Waals surface area contributed by atoms with Gasteiger partial charge in [-0.05, 0) is 42.5 Å². The number of amides is 1. The Morgan fingerprint density at radius 2 is 2.00 bits per heavy atom. The van der Waals surface area contributed by atoms with E-state index in [1.54, 1.807) is 30.5 Å². The van der Waals surface area contributed by atoms with Gasteiger partial charge in [-0.1, -0.05) is 22.0 Å². The van der Waals surface area contributed by atoms with E-state index in [2.05, 4.69) is 26.2 Å². The van der Waals surface area contributed by atoms with Crippen LogP contribution in [0.2, 0.25) is 0 Å². The zero-order valence-corrected chi connectivity index (χ0v) is 12.6. The van der Waals surface area contributed by atoms with Crippen molar-refractivity contribution < 1.29 is 4.79 Å². The van der Waals surface area contributed by atoms with Gasteiger partial charge in [0.2, 0.25) is 0 Å². The first-order valence-electron chi connectivity index (χ1n) is 6.35. The summed E-state index contributed by atoms with van der Waals surface area (Å²) in [6.07, 6.45) is 1.68. The highest BCUT2D eigenvalue weighted by molar-refractivity contribution is 9.10. The molecule has 0 saturated heterocycles. The number of nitrogen functional groups attached to an aromatic ring is 1. The fraction of sp³-hybridized carbons (Fsp3) is 0. The molecule has 0 unspecified atom stereocenters. The first-order chi connectivity index (χ1) is 10.1. The van der Waals surface area contributed by atoms with Gasteiger partial charge in [-0.25, -0.2) is 0 Å². The van der Waals surface area contributed by atoms with Crippen LogP contribution in [0.25, 0.3) is 10.9 Å². The SMILES string of the molecule is Nc1ccc(NC(=O)c2cccc(Br)c2)c2cccnc12. The van der Waals surface area contributed by atoms with Gasteiger partial charge in [-0.15, -0.1) is 0 Å². The van der Waals surface area contributed by atoms with Crippen LogP contribution in [0.4, 0.5) is 11.4 Å². The molecule has 1 heterocycles. The maximum atomic E-state index is 12.3. The van der Waals surface area contributed by atoms with Crippen LogP contribution < -0.4 is 11.1 Å². The predicted octanol–water partition coefficient (Wildman–Crippen LogP) is 3.83. The summed E-state index contributed by atoms with van der Waals surface area (Å²) in [7, 11) is 0. The Bertz CT molecular complexity index is 833. The van der Waals surface area contributed by atoms with Crippen LogP contribution in [0.15, 0.2) is 59.2 Å². The van der Waals surface area contributed by atoms with Gasteiger partial charge < -0.3 is 11.1 Å². The van der Waals surface area contributed by atoms with Crippen LogP contribution in [-0.2, 0) is 0 Å². The Hall–Kier alpha value is -2.40. The van der Waals surface area contributed by atoms with Crippen LogP contribution in [0, 0.1) is 0 Å². The summed E-state index contributed by atoms with van der Waals surface area (Å²) in [5.74, 6) is -0.175. The molecule has 2 aromatic carbocycles. The van der Waals surface area contributed by atoms with E-state index in [1.807, 2.05) is 24.3 Å². The normalized spacial score (nSPS) is 10.5. The summed E-state index contributed by atoms with van der Waals surface area (Å²) in [6, 6.07) is 14.5. The third-order valence-corrected chi connectivity index (χ3v) is 3.63. The fourth-order valence-corrected chi connectivity index (χ4v) is 2.53. The minimum absolute atomic E-state index is 0.175. The molecule has 104 valence electrons. The molecule has 4 nitrogen and oxygen atoms in total. The molecule has 0 fully saturated rings. The highest BCUT2D eigenvalue weighted by Crippen LogP contribution is 2.27. The van der Waals surface area contributed by atoms with Crippen molar-refractivity contribution >= 4 is 44.1 Å². The number of aromatic nitrogens is 1. The lowest BCUT2D eigenvalue weighted by Crippen LogP contribution is -2.12. The number of nitrogens with one attached hydrogen (secondary N) is 1.